The number of hydrogen-bond donors (Lipinski definition) is 1. The SMILES string of the molecule is C[C@H](N)Cc1ccc(F)cc1. The third-order valence-electron chi connectivity index (χ3n) is 1.47. The van der Waals surface area contributed by atoms with Crippen molar-refractivity contribution in [1.82, 2.24) is 0 Å². The number of halogens is 1. The molecule has 0 radical (unpaired) electrons. The molecular formula is C9H12FN. The van der Waals surface area contributed by atoms with Gasteiger partial charge in [0.1, 0.15) is 5.82 Å². The first-order valence-corrected chi connectivity index (χ1v) is 3.68. The lowest BCUT2D eigenvalue weighted by molar-refractivity contribution is 0.626. The van der Waals surface area contributed by atoms with Crippen LogP contribution in [0.2, 0.25) is 0 Å². The Kier molecular flexibility index (Phi) is 2.60. The molecule has 1 atom stereocenters. The summed E-state index contributed by atoms with van der Waals surface area (Å²) in [6, 6.07) is 6.58. The molecule has 0 bridgehead atoms. The molecule has 2 heteroatoms. The normalized spacial score (nSPS) is 13.0. The Labute approximate surface area is 66.0 Å². The Morgan fingerprint density at radius 2 is 1.91 bits per heavy atom. The number of rotatable bonds is 2. The summed E-state index contributed by atoms with van der Waals surface area (Å²) in [5.41, 5.74) is 6.65. The number of benzene rings is 1. The third kappa shape index (κ3) is 2.68. The molecule has 0 aliphatic rings. The Bertz CT molecular complexity index is 216. The van der Waals surface area contributed by atoms with Gasteiger partial charge in [-0.3, -0.25) is 0 Å². The highest BCUT2D eigenvalue weighted by molar-refractivity contribution is 5.16. The van der Waals surface area contributed by atoms with Crippen molar-refractivity contribution < 1.29 is 4.39 Å². The van der Waals surface area contributed by atoms with Crippen LogP contribution in [0, 0.1) is 5.82 Å². The topological polar surface area (TPSA) is 26.0 Å². The van der Waals surface area contributed by atoms with Gasteiger partial charge in [0.05, 0.1) is 0 Å². The summed E-state index contributed by atoms with van der Waals surface area (Å²) < 4.78 is 12.4. The van der Waals surface area contributed by atoms with Gasteiger partial charge >= 0.3 is 0 Å². The van der Waals surface area contributed by atoms with Gasteiger partial charge < -0.3 is 5.73 Å². The Morgan fingerprint density at radius 3 is 2.36 bits per heavy atom. The van der Waals surface area contributed by atoms with E-state index in [2.05, 4.69) is 0 Å². The molecule has 11 heavy (non-hydrogen) atoms. The van der Waals surface area contributed by atoms with E-state index in [0.29, 0.717) is 0 Å². The van der Waals surface area contributed by atoms with Crippen molar-refractivity contribution in [2.45, 2.75) is 19.4 Å². The monoisotopic (exact) mass is 153 g/mol. The fourth-order valence-electron chi connectivity index (χ4n) is 0.992. The summed E-state index contributed by atoms with van der Waals surface area (Å²) in [7, 11) is 0. The van der Waals surface area contributed by atoms with Crippen molar-refractivity contribution in [3.63, 3.8) is 0 Å². The van der Waals surface area contributed by atoms with Crippen molar-refractivity contribution in [2.75, 3.05) is 0 Å². The van der Waals surface area contributed by atoms with E-state index in [4.69, 9.17) is 5.73 Å². The van der Waals surface area contributed by atoms with Crippen molar-refractivity contribution in [3.05, 3.63) is 35.6 Å². The van der Waals surface area contributed by atoms with Gasteiger partial charge in [-0.25, -0.2) is 4.39 Å². The molecule has 0 saturated carbocycles. The average Bonchev–Trinajstić information content (AvgIpc) is 1.93. The molecule has 1 rings (SSSR count). The quantitative estimate of drug-likeness (QED) is 0.687. The minimum absolute atomic E-state index is 0.139. The predicted octanol–water partition coefficient (Wildman–Crippen LogP) is 1.72. The number of nitrogens with two attached hydrogens (primary N) is 1. The molecule has 0 heterocycles. The molecule has 0 aliphatic carbocycles. The van der Waals surface area contributed by atoms with Gasteiger partial charge in [-0.1, -0.05) is 12.1 Å². The minimum Gasteiger partial charge on any atom is -0.328 e. The van der Waals surface area contributed by atoms with Crippen LogP contribution in [0.4, 0.5) is 4.39 Å². The summed E-state index contributed by atoms with van der Waals surface area (Å²) in [4.78, 5) is 0. The molecule has 0 unspecified atom stereocenters. The van der Waals surface area contributed by atoms with Gasteiger partial charge in [-0.2, -0.15) is 0 Å². The smallest absolute Gasteiger partial charge is 0.123 e. The first kappa shape index (κ1) is 8.21. The highest BCUT2D eigenvalue weighted by atomic mass is 19.1. The predicted molar refractivity (Wildman–Crippen MR) is 43.8 cm³/mol. The number of hydrogen-bond acceptors (Lipinski definition) is 1. The molecule has 2 N–H and O–H groups in total. The summed E-state index contributed by atoms with van der Waals surface area (Å²) >= 11 is 0. The van der Waals surface area contributed by atoms with Crippen molar-refractivity contribution in [3.8, 4) is 0 Å². The molecule has 1 aromatic rings. The fourth-order valence-corrected chi connectivity index (χ4v) is 0.992. The second-order valence-electron chi connectivity index (χ2n) is 2.81. The molecule has 0 saturated heterocycles. The van der Waals surface area contributed by atoms with Crippen molar-refractivity contribution in [2.24, 2.45) is 5.73 Å². The Morgan fingerprint density at radius 1 is 1.36 bits per heavy atom. The largest absolute Gasteiger partial charge is 0.328 e. The average molecular weight is 153 g/mol. The fraction of sp³-hybridized carbons (Fsp3) is 0.333. The molecule has 60 valence electrons. The van der Waals surface area contributed by atoms with Crippen molar-refractivity contribution in [1.29, 1.82) is 0 Å². The van der Waals surface area contributed by atoms with Gasteiger partial charge in [0.15, 0.2) is 0 Å². The molecule has 1 aromatic carbocycles. The highest BCUT2D eigenvalue weighted by Crippen LogP contribution is 2.04. The summed E-state index contributed by atoms with van der Waals surface area (Å²) in [5, 5.41) is 0. The maximum absolute atomic E-state index is 12.4. The van der Waals surface area contributed by atoms with Gasteiger partial charge in [-0.05, 0) is 31.0 Å². The van der Waals surface area contributed by atoms with Crippen LogP contribution in [-0.4, -0.2) is 6.04 Å². The van der Waals surface area contributed by atoms with Gasteiger partial charge in [0.25, 0.3) is 0 Å². The van der Waals surface area contributed by atoms with Crippen LogP contribution in [0.1, 0.15) is 12.5 Å². The van der Waals surface area contributed by atoms with Crippen molar-refractivity contribution >= 4 is 0 Å². The summed E-state index contributed by atoms with van der Waals surface area (Å²) in [6.45, 7) is 1.93. The minimum atomic E-state index is -0.196. The van der Waals surface area contributed by atoms with E-state index in [9.17, 15) is 4.39 Å². The molecule has 0 aromatic heterocycles. The van der Waals surface area contributed by atoms with Crippen LogP contribution in [0.15, 0.2) is 24.3 Å². The van der Waals surface area contributed by atoms with E-state index in [1.807, 2.05) is 6.92 Å². The Hall–Kier alpha value is -0.890. The van der Waals surface area contributed by atoms with Gasteiger partial charge in [-0.15, -0.1) is 0 Å². The maximum Gasteiger partial charge on any atom is 0.123 e. The van der Waals surface area contributed by atoms with E-state index in [0.717, 1.165) is 12.0 Å². The summed E-state index contributed by atoms with van der Waals surface area (Å²) in [5.74, 6) is -0.196. The zero-order chi connectivity index (χ0) is 8.27. The second-order valence-corrected chi connectivity index (χ2v) is 2.81. The zero-order valence-corrected chi connectivity index (χ0v) is 6.55. The first-order valence-electron chi connectivity index (χ1n) is 3.68. The van der Waals surface area contributed by atoms with E-state index in [1.165, 1.54) is 12.1 Å². The zero-order valence-electron chi connectivity index (χ0n) is 6.55. The van der Waals surface area contributed by atoms with Crippen LogP contribution >= 0.6 is 0 Å². The van der Waals surface area contributed by atoms with E-state index in [1.54, 1.807) is 12.1 Å². The van der Waals surface area contributed by atoms with Crippen LogP contribution in [-0.2, 0) is 6.42 Å². The third-order valence-corrected chi connectivity index (χ3v) is 1.47. The van der Waals surface area contributed by atoms with Crippen LogP contribution < -0.4 is 5.73 Å². The lowest BCUT2D eigenvalue weighted by Gasteiger charge is -2.03. The van der Waals surface area contributed by atoms with Gasteiger partial charge in [0.2, 0.25) is 0 Å². The van der Waals surface area contributed by atoms with Crippen LogP contribution in [0.25, 0.3) is 0 Å². The standard InChI is InChI=1S/C9H12FN/c1-7(11)6-8-2-4-9(10)5-3-8/h2-5,7H,6,11H2,1H3/t7-/m0/s1. The van der Waals surface area contributed by atoms with E-state index >= 15 is 0 Å². The van der Waals surface area contributed by atoms with Gasteiger partial charge in [0, 0.05) is 6.04 Å². The molecule has 0 aliphatic heterocycles. The second kappa shape index (κ2) is 3.49. The maximum atomic E-state index is 12.4. The highest BCUT2D eigenvalue weighted by Gasteiger charge is 1.96. The molecular weight excluding hydrogens is 141 g/mol. The Balaban J connectivity index is 2.66. The molecule has 0 spiro atoms. The molecule has 1 nitrogen and oxygen atoms in total. The summed E-state index contributed by atoms with van der Waals surface area (Å²) in [6.07, 6.45) is 0.806. The first-order chi connectivity index (χ1) is 5.18. The van der Waals surface area contributed by atoms with Crippen LogP contribution in [0.3, 0.4) is 0 Å². The van der Waals surface area contributed by atoms with Crippen LogP contribution in [0.5, 0.6) is 0 Å². The van der Waals surface area contributed by atoms with E-state index in [-0.39, 0.29) is 11.9 Å². The molecule has 0 amide bonds. The van der Waals surface area contributed by atoms with E-state index < -0.39 is 0 Å². The lowest BCUT2D eigenvalue weighted by Crippen LogP contribution is -2.17. The molecule has 0 fully saturated rings. The lowest BCUT2D eigenvalue weighted by atomic mass is 10.1.